The number of hydrogen-bond acceptors (Lipinski definition) is 4. The van der Waals surface area contributed by atoms with Gasteiger partial charge in [-0.1, -0.05) is 12.8 Å². The van der Waals surface area contributed by atoms with Crippen LogP contribution in [0.2, 0.25) is 0 Å². The Labute approximate surface area is 186 Å². The molecule has 1 aromatic heterocycles. The van der Waals surface area contributed by atoms with Crippen molar-refractivity contribution in [1.82, 2.24) is 9.47 Å². The topological polar surface area (TPSA) is 72.5 Å². The van der Waals surface area contributed by atoms with E-state index in [1.165, 1.54) is 5.52 Å². The van der Waals surface area contributed by atoms with E-state index >= 15 is 0 Å². The maximum absolute atomic E-state index is 12.1. The summed E-state index contributed by atoms with van der Waals surface area (Å²) in [5.74, 6) is 0.0915. The smallest absolute Gasteiger partial charge is 0.224 e. The highest BCUT2D eigenvalue weighted by molar-refractivity contribution is 5.93. The molecule has 1 aliphatic rings. The number of fused-ring (bicyclic) bond motifs is 1. The van der Waals surface area contributed by atoms with Crippen molar-refractivity contribution < 1.29 is 9.53 Å². The highest BCUT2D eigenvalue weighted by atomic mass is 35.5. The number of rotatable bonds is 10. The Balaban J connectivity index is 0.00000210. The average molecular weight is 445 g/mol. The summed E-state index contributed by atoms with van der Waals surface area (Å²) in [6.07, 6.45) is 6.84. The molecule has 3 rings (SSSR count). The zero-order chi connectivity index (χ0) is 18.9. The largest absolute Gasteiger partial charge is 0.379 e. The summed E-state index contributed by atoms with van der Waals surface area (Å²) in [6.45, 7) is 6.44. The number of anilines is 1. The van der Waals surface area contributed by atoms with Crippen LogP contribution in [0.25, 0.3) is 10.9 Å². The number of benzene rings is 1. The van der Waals surface area contributed by atoms with Gasteiger partial charge in [-0.2, -0.15) is 0 Å². The Kier molecular flexibility index (Phi) is 12.3. The number of amides is 1. The number of hydrogen-bond donors (Lipinski definition) is 2. The van der Waals surface area contributed by atoms with E-state index in [0.717, 1.165) is 82.7 Å². The molecule has 0 spiro atoms. The average Bonchev–Trinajstić information content (AvgIpc) is 3.09. The van der Waals surface area contributed by atoms with Crippen LogP contribution in [0.3, 0.4) is 0 Å². The minimum absolute atomic E-state index is 0. The molecule has 1 fully saturated rings. The van der Waals surface area contributed by atoms with Gasteiger partial charge in [0.25, 0.3) is 0 Å². The highest BCUT2D eigenvalue weighted by Crippen LogP contribution is 2.21. The molecule has 2 aromatic rings. The molecule has 0 saturated carbocycles. The second-order valence-electron chi connectivity index (χ2n) is 7.24. The fraction of sp³-hybridized carbons (Fsp3) is 0.571. The predicted octanol–water partition coefficient (Wildman–Crippen LogP) is 3.66. The van der Waals surface area contributed by atoms with Crippen molar-refractivity contribution in [2.75, 3.05) is 44.7 Å². The minimum Gasteiger partial charge on any atom is -0.379 e. The zero-order valence-corrected chi connectivity index (χ0v) is 18.6. The van der Waals surface area contributed by atoms with Gasteiger partial charge in [-0.3, -0.25) is 9.69 Å². The minimum atomic E-state index is 0. The van der Waals surface area contributed by atoms with Crippen LogP contribution in [0.15, 0.2) is 30.5 Å². The summed E-state index contributed by atoms with van der Waals surface area (Å²) in [6, 6.07) is 8.29. The maximum atomic E-state index is 12.1. The normalized spacial score (nSPS) is 14.2. The molecule has 3 N–H and O–H groups in total. The summed E-state index contributed by atoms with van der Waals surface area (Å²) in [5, 5.41) is 4.19. The van der Waals surface area contributed by atoms with E-state index in [1.807, 2.05) is 6.07 Å². The number of nitrogens with two attached hydrogens (primary N) is 1. The fourth-order valence-electron chi connectivity index (χ4n) is 3.55. The van der Waals surface area contributed by atoms with Gasteiger partial charge in [-0.15, -0.1) is 24.8 Å². The number of unbranched alkanes of at least 4 members (excludes halogenated alkanes) is 3. The number of ether oxygens (including phenoxy) is 1. The van der Waals surface area contributed by atoms with Crippen LogP contribution in [-0.2, 0) is 16.1 Å². The summed E-state index contributed by atoms with van der Waals surface area (Å²) < 4.78 is 7.69. The first-order valence-corrected chi connectivity index (χ1v) is 10.2. The lowest BCUT2D eigenvalue weighted by Crippen LogP contribution is -2.38. The predicted molar refractivity (Wildman–Crippen MR) is 124 cm³/mol. The Morgan fingerprint density at radius 3 is 2.55 bits per heavy atom. The fourth-order valence-corrected chi connectivity index (χ4v) is 3.55. The summed E-state index contributed by atoms with van der Waals surface area (Å²) in [7, 11) is 0. The maximum Gasteiger partial charge on any atom is 0.224 e. The molecule has 0 unspecified atom stereocenters. The van der Waals surface area contributed by atoms with Crippen LogP contribution in [0.1, 0.15) is 32.1 Å². The molecule has 0 bridgehead atoms. The van der Waals surface area contributed by atoms with E-state index in [9.17, 15) is 4.79 Å². The Bertz CT molecular complexity index is 733. The second kappa shape index (κ2) is 13.8. The van der Waals surface area contributed by atoms with Gasteiger partial charge in [0.2, 0.25) is 5.91 Å². The van der Waals surface area contributed by atoms with E-state index in [-0.39, 0.29) is 30.7 Å². The summed E-state index contributed by atoms with van der Waals surface area (Å²) in [5.41, 5.74) is 7.57. The van der Waals surface area contributed by atoms with Gasteiger partial charge in [0.15, 0.2) is 0 Å². The van der Waals surface area contributed by atoms with Crippen LogP contribution in [-0.4, -0.2) is 54.8 Å². The first kappa shape index (κ1) is 25.7. The van der Waals surface area contributed by atoms with Gasteiger partial charge in [0, 0.05) is 55.4 Å². The molecule has 1 aromatic carbocycles. The molecule has 1 aliphatic heterocycles. The third kappa shape index (κ3) is 8.15. The van der Waals surface area contributed by atoms with Gasteiger partial charge in [-0.05, 0) is 43.7 Å². The monoisotopic (exact) mass is 444 g/mol. The quantitative estimate of drug-likeness (QED) is 0.548. The standard InChI is InChI=1S/C21H32N4O2.2ClH/c22-9-4-2-1-3-5-21(26)23-19-6-7-20-18(17-19)8-10-25(20)12-11-24-13-15-27-16-14-24;;/h6-8,10,17H,1-5,9,11-16,22H2,(H,23,26);2*1H. The van der Waals surface area contributed by atoms with Crippen molar-refractivity contribution in [3.63, 3.8) is 0 Å². The second-order valence-corrected chi connectivity index (χ2v) is 7.24. The third-order valence-corrected chi connectivity index (χ3v) is 5.17. The number of carbonyl (C=O) groups is 1. The van der Waals surface area contributed by atoms with Crippen molar-refractivity contribution in [3.05, 3.63) is 30.5 Å². The van der Waals surface area contributed by atoms with Crippen LogP contribution in [0.4, 0.5) is 5.69 Å². The molecule has 2 heterocycles. The number of carbonyl (C=O) groups excluding carboxylic acids is 1. The lowest BCUT2D eigenvalue weighted by atomic mass is 10.1. The van der Waals surface area contributed by atoms with E-state index in [4.69, 9.17) is 10.5 Å². The van der Waals surface area contributed by atoms with Gasteiger partial charge in [0.05, 0.1) is 13.2 Å². The Hall–Kier alpha value is -1.31. The number of morpholine rings is 1. The zero-order valence-electron chi connectivity index (χ0n) is 17.0. The van der Waals surface area contributed by atoms with Crippen LogP contribution in [0, 0.1) is 0 Å². The van der Waals surface area contributed by atoms with Crippen LogP contribution < -0.4 is 11.1 Å². The van der Waals surface area contributed by atoms with Gasteiger partial charge < -0.3 is 20.4 Å². The molecule has 8 heteroatoms. The molecule has 1 amide bonds. The van der Waals surface area contributed by atoms with Crippen LogP contribution >= 0.6 is 24.8 Å². The van der Waals surface area contributed by atoms with Gasteiger partial charge >= 0.3 is 0 Å². The highest BCUT2D eigenvalue weighted by Gasteiger charge is 2.11. The number of aromatic nitrogens is 1. The van der Waals surface area contributed by atoms with E-state index in [2.05, 4.69) is 39.2 Å². The lowest BCUT2D eigenvalue weighted by Gasteiger charge is -2.26. The SMILES string of the molecule is Cl.Cl.NCCCCCCC(=O)Nc1ccc2c(ccn2CCN2CCOCC2)c1. The van der Waals surface area contributed by atoms with E-state index in [1.54, 1.807) is 0 Å². The van der Waals surface area contributed by atoms with Crippen LogP contribution in [0.5, 0.6) is 0 Å². The number of nitrogens with zero attached hydrogens (tertiary/aromatic N) is 2. The summed E-state index contributed by atoms with van der Waals surface area (Å²) in [4.78, 5) is 14.5. The third-order valence-electron chi connectivity index (χ3n) is 5.17. The molecule has 29 heavy (non-hydrogen) atoms. The molecule has 0 aliphatic carbocycles. The van der Waals surface area contributed by atoms with Crippen molar-refractivity contribution in [3.8, 4) is 0 Å². The molecular formula is C21H34Cl2N4O2. The van der Waals surface area contributed by atoms with Crippen molar-refractivity contribution >= 4 is 47.3 Å². The molecule has 6 nitrogen and oxygen atoms in total. The van der Waals surface area contributed by atoms with Crippen molar-refractivity contribution in [2.45, 2.75) is 38.6 Å². The first-order chi connectivity index (χ1) is 13.3. The van der Waals surface area contributed by atoms with E-state index in [0.29, 0.717) is 6.42 Å². The lowest BCUT2D eigenvalue weighted by molar-refractivity contribution is -0.116. The first-order valence-electron chi connectivity index (χ1n) is 10.2. The molecule has 0 atom stereocenters. The Morgan fingerprint density at radius 1 is 1.03 bits per heavy atom. The Morgan fingerprint density at radius 2 is 1.79 bits per heavy atom. The van der Waals surface area contributed by atoms with E-state index < -0.39 is 0 Å². The molecule has 0 radical (unpaired) electrons. The van der Waals surface area contributed by atoms with Crippen molar-refractivity contribution in [1.29, 1.82) is 0 Å². The van der Waals surface area contributed by atoms with Gasteiger partial charge in [0.1, 0.15) is 0 Å². The molecule has 164 valence electrons. The molecule has 1 saturated heterocycles. The number of halogens is 2. The van der Waals surface area contributed by atoms with Gasteiger partial charge in [-0.25, -0.2) is 0 Å². The number of nitrogens with one attached hydrogen (secondary N) is 1. The molecular weight excluding hydrogens is 411 g/mol. The van der Waals surface area contributed by atoms with Crippen molar-refractivity contribution in [2.24, 2.45) is 5.73 Å². The summed E-state index contributed by atoms with van der Waals surface area (Å²) >= 11 is 0.